The van der Waals surface area contributed by atoms with Crippen molar-refractivity contribution in [3.05, 3.63) is 143 Å². The summed E-state index contributed by atoms with van der Waals surface area (Å²) in [4.78, 5) is 4.83. The first kappa shape index (κ1) is 15.9. The van der Waals surface area contributed by atoms with E-state index in [2.05, 4.69) is 4.98 Å². The minimum absolute atomic E-state index is 0.00262. The fourth-order valence-corrected chi connectivity index (χ4v) is 8.13. The zero-order valence-electron chi connectivity index (χ0n) is 43.1. The Labute approximate surface area is 310 Å². The van der Waals surface area contributed by atoms with Crippen LogP contribution in [0.1, 0.15) is 71.8 Å². The van der Waals surface area contributed by atoms with E-state index in [0.29, 0.717) is 16.6 Å². The van der Waals surface area contributed by atoms with Crippen LogP contribution in [-0.2, 0) is 5.41 Å². The number of benzene rings is 6. The van der Waals surface area contributed by atoms with E-state index in [-0.39, 0.29) is 88.0 Å². The van der Waals surface area contributed by atoms with Crippen LogP contribution in [0.25, 0.3) is 61.4 Å². The van der Waals surface area contributed by atoms with E-state index in [4.69, 9.17) is 29.1 Å². The number of hydrogen-bond acceptors (Lipinski definition) is 3. The molecule has 0 aliphatic carbocycles. The van der Waals surface area contributed by atoms with Crippen molar-refractivity contribution in [1.29, 1.82) is 0 Å². The number of aromatic nitrogens is 2. The number of hydrogen-bond donors (Lipinski definition) is 0. The molecule has 3 heterocycles. The molecule has 2 aromatic heterocycles. The summed E-state index contributed by atoms with van der Waals surface area (Å²) in [6.07, 6.45) is 0. The van der Waals surface area contributed by atoms with E-state index in [1.807, 2.05) is 18.2 Å². The second-order valence-electron chi connectivity index (χ2n) is 11.9. The fourth-order valence-electron chi connectivity index (χ4n) is 6.77. The van der Waals surface area contributed by atoms with Crippen molar-refractivity contribution in [3.8, 4) is 33.4 Å². The number of para-hydroxylation sites is 2. The summed E-state index contributed by atoms with van der Waals surface area (Å²) in [5, 5.41) is 0. The van der Waals surface area contributed by atoms with Crippen molar-refractivity contribution in [2.45, 2.75) is 56.3 Å². The van der Waals surface area contributed by atoms with Crippen LogP contribution < -0.4 is 0 Å². The third-order valence-electron chi connectivity index (χ3n) is 9.07. The fraction of sp³-hybridized carbons (Fsp3) is 0.159. The Morgan fingerprint density at radius 2 is 1.31 bits per heavy atom. The predicted octanol–water partition coefficient (Wildman–Crippen LogP) is 12.3. The molecule has 0 unspecified atom stereocenters. The summed E-state index contributed by atoms with van der Waals surface area (Å²) < 4.78 is 164. The zero-order valence-corrected chi connectivity index (χ0v) is 25.9. The van der Waals surface area contributed by atoms with Gasteiger partial charge in [0.1, 0.15) is 0 Å². The van der Waals surface area contributed by atoms with Crippen molar-refractivity contribution in [1.82, 2.24) is 9.38 Å². The largest absolute Gasteiger partial charge is 0.422 e. The highest BCUT2D eigenvalue weighted by Gasteiger charge is 2.34. The molecule has 0 spiro atoms. The highest BCUT2D eigenvalue weighted by Crippen LogP contribution is 2.53. The molecule has 6 aromatic carbocycles. The van der Waals surface area contributed by atoms with E-state index in [1.54, 1.807) is 28.7 Å². The van der Waals surface area contributed by atoms with Gasteiger partial charge in [-0.1, -0.05) is 98.3 Å². The first-order valence-corrected chi connectivity index (χ1v) is 16.0. The number of aryl methyl sites for hydroxylation is 4. The Hall–Kier alpha value is -5.06. The Morgan fingerprint density at radius 1 is 0.646 bits per heavy atom. The molecule has 48 heavy (non-hydrogen) atoms. The third kappa shape index (κ3) is 4.18. The lowest BCUT2D eigenvalue weighted by Crippen LogP contribution is -2.24. The van der Waals surface area contributed by atoms with Gasteiger partial charge in [0.2, 0.25) is 0 Å². The van der Waals surface area contributed by atoms with Crippen LogP contribution in [0.2, 0.25) is 0 Å². The van der Waals surface area contributed by atoms with Crippen LogP contribution in [0.5, 0.6) is 0 Å². The lowest BCUT2D eigenvalue weighted by Gasteiger charge is -2.36. The van der Waals surface area contributed by atoms with Crippen LogP contribution in [0.15, 0.2) is 123 Å². The Bertz CT molecular complexity index is 3260. The molecule has 9 rings (SSSR count). The molecule has 1 aliphatic heterocycles. The molecule has 0 atom stereocenters. The quantitative estimate of drug-likeness (QED) is 0.189. The number of nitrogens with zero attached hydrogens (tertiary/aromatic N) is 2. The van der Waals surface area contributed by atoms with Crippen molar-refractivity contribution < 1.29 is 29.1 Å². The molecule has 0 saturated carbocycles. The average Bonchev–Trinajstić information content (AvgIpc) is 3.75. The maximum Gasteiger partial charge on any atom is 0.307 e. The average molecular weight is 659 g/mol. The molecule has 0 radical (unpaired) electrons. The van der Waals surface area contributed by atoms with Gasteiger partial charge in [0, 0.05) is 45.4 Å². The highest BCUT2D eigenvalue weighted by atomic mass is 32.2. The molecule has 0 bridgehead atoms. The standard InChI is InChI=1S/C44H36N2OS/c1-25-15-19-29(39-27(3)18-22-37-41(39)47-43-45-35-12-8-9-13-36(35)46(37)43)23-31(25)32-24-30(20-16-26(32)2)40-28(4)17-21-34-42(40)48-38-14-10-7-11-33(38)44(34,5)6/h7-24H,1-6H3/i1D3,2D3,3D3,4D3,5D3,6D3. The normalized spacial score (nSPS) is 20.8. The Balaban J connectivity index is 1.38. The van der Waals surface area contributed by atoms with Crippen LogP contribution >= 0.6 is 11.8 Å². The Kier molecular flexibility index (Phi) is 3.47. The van der Waals surface area contributed by atoms with Gasteiger partial charge in [0.05, 0.1) is 16.6 Å². The van der Waals surface area contributed by atoms with E-state index in [0.717, 1.165) is 17.8 Å². The molecule has 1 aliphatic rings. The van der Waals surface area contributed by atoms with Gasteiger partial charge in [-0.05, 0) is 125 Å². The van der Waals surface area contributed by atoms with Crippen LogP contribution in [0.4, 0.5) is 0 Å². The first-order valence-electron chi connectivity index (χ1n) is 24.1. The summed E-state index contributed by atoms with van der Waals surface area (Å²) in [6.45, 7) is -17.9. The van der Waals surface area contributed by atoms with Gasteiger partial charge >= 0.3 is 5.84 Å². The lowest BCUT2D eigenvalue weighted by molar-refractivity contribution is 0.607. The molecule has 0 saturated heterocycles. The number of oxazole rings is 1. The van der Waals surface area contributed by atoms with Gasteiger partial charge in [-0.25, -0.2) is 0 Å². The number of imidazole rings is 1. The highest BCUT2D eigenvalue weighted by molar-refractivity contribution is 7.99. The van der Waals surface area contributed by atoms with Crippen molar-refractivity contribution in [3.63, 3.8) is 0 Å². The molecular formula is C44H36N2OS. The summed E-state index contributed by atoms with van der Waals surface area (Å²) in [5.74, 6) is 0.157. The van der Waals surface area contributed by atoms with E-state index in [1.165, 1.54) is 60.7 Å². The van der Waals surface area contributed by atoms with E-state index in [9.17, 15) is 0 Å². The van der Waals surface area contributed by atoms with Crippen LogP contribution in [0.3, 0.4) is 0 Å². The molecule has 8 aromatic rings. The minimum atomic E-state index is -3.21. The maximum absolute atomic E-state index is 8.81. The molecule has 0 fully saturated rings. The topological polar surface area (TPSA) is 30.4 Å². The van der Waals surface area contributed by atoms with E-state index >= 15 is 0 Å². The van der Waals surface area contributed by atoms with Gasteiger partial charge in [-0.3, -0.25) is 4.40 Å². The second kappa shape index (κ2) is 10.5. The second-order valence-corrected chi connectivity index (χ2v) is 12.9. The summed E-state index contributed by atoms with van der Waals surface area (Å²) >= 11 is 0.973. The summed E-state index contributed by atoms with van der Waals surface area (Å²) in [7, 11) is 0. The number of fused-ring (bicyclic) bond motifs is 7. The van der Waals surface area contributed by atoms with Crippen molar-refractivity contribution in [2.75, 3.05) is 0 Å². The molecule has 3 nitrogen and oxygen atoms in total. The predicted molar refractivity (Wildman–Crippen MR) is 200 cm³/mol. The smallest absolute Gasteiger partial charge is 0.307 e. The maximum atomic E-state index is 8.81. The molecule has 4 heteroatoms. The van der Waals surface area contributed by atoms with Crippen molar-refractivity contribution in [2.24, 2.45) is 0 Å². The summed E-state index contributed by atoms with van der Waals surface area (Å²) in [5.41, 5.74) is -2.34. The number of rotatable bonds is 3. The van der Waals surface area contributed by atoms with Gasteiger partial charge in [-0.15, -0.1) is 0 Å². The van der Waals surface area contributed by atoms with Crippen LogP contribution in [0, 0.1) is 27.4 Å². The molecule has 0 N–H and O–H groups in total. The van der Waals surface area contributed by atoms with Gasteiger partial charge in [0.25, 0.3) is 0 Å². The van der Waals surface area contributed by atoms with Crippen LogP contribution in [-0.4, -0.2) is 9.38 Å². The Morgan fingerprint density at radius 3 is 2.08 bits per heavy atom. The first-order chi connectivity index (χ1) is 30.5. The zero-order chi connectivity index (χ0) is 47.9. The summed E-state index contributed by atoms with van der Waals surface area (Å²) in [6, 6.07) is 26.6. The molecule has 0 amide bonds. The monoisotopic (exact) mass is 658 g/mol. The van der Waals surface area contributed by atoms with Gasteiger partial charge in [-0.2, -0.15) is 4.98 Å². The van der Waals surface area contributed by atoms with Gasteiger partial charge < -0.3 is 4.42 Å². The lowest BCUT2D eigenvalue weighted by atomic mass is 9.76. The molecular weight excluding hydrogens is 605 g/mol. The molecule has 234 valence electrons. The van der Waals surface area contributed by atoms with Gasteiger partial charge in [0.15, 0.2) is 5.58 Å². The minimum Gasteiger partial charge on any atom is -0.422 e. The van der Waals surface area contributed by atoms with Crippen molar-refractivity contribution >= 4 is 39.7 Å². The third-order valence-corrected chi connectivity index (χ3v) is 10.3. The van der Waals surface area contributed by atoms with E-state index < -0.39 is 46.5 Å². The SMILES string of the molecule is [2H]C([2H])([2H])c1ccc(-c2c(C([2H])([2H])[2H])ccc3c2Sc2ccccc2C3(C([2H])([2H])[2H])C([2H])([2H])[2H])cc1-c1cc(-c2c(C([2H])([2H])[2H])ccc3c2oc2nc4ccccc4n23)ccc1C([2H])([2H])[2H].